The largest absolute Gasteiger partial charge is 0.435 e. The number of carbonyl (C=O) groups is 1. The van der Waals surface area contributed by atoms with Gasteiger partial charge in [0.2, 0.25) is 5.78 Å². The molecule has 1 aliphatic rings. The van der Waals surface area contributed by atoms with E-state index in [9.17, 15) is 28.1 Å². The summed E-state index contributed by atoms with van der Waals surface area (Å²) < 4.78 is 38.6. The van der Waals surface area contributed by atoms with Crippen LogP contribution in [0.15, 0.2) is 23.9 Å². The summed E-state index contributed by atoms with van der Waals surface area (Å²) in [5.41, 5.74) is -2.19. The van der Waals surface area contributed by atoms with Crippen molar-refractivity contribution in [2.75, 3.05) is 0 Å². The number of nitrogens with zero attached hydrogens (tertiary/aromatic N) is 3. The smallest absolute Gasteiger partial charge is 0.287 e. The molecule has 0 N–H and O–H groups in total. The van der Waals surface area contributed by atoms with Crippen molar-refractivity contribution in [2.45, 2.75) is 12.6 Å². The number of Topliss-reactive ketones (excluding diaryl/α,β-unsaturated/α-hetero) is 1. The molecule has 9 heteroatoms. The molecule has 0 saturated heterocycles. The van der Waals surface area contributed by atoms with Crippen LogP contribution in [0.2, 0.25) is 0 Å². The summed E-state index contributed by atoms with van der Waals surface area (Å²) in [5, 5.41) is 14.2. The Morgan fingerprint density at radius 2 is 2.10 bits per heavy atom. The van der Waals surface area contributed by atoms with E-state index in [1.165, 1.54) is 19.2 Å². The fraction of sp³-hybridized carbons (Fsp3) is 0.273. The van der Waals surface area contributed by atoms with Gasteiger partial charge in [0, 0.05) is 13.5 Å². The number of alkyl halides is 3. The number of hydrogen-bond acceptors (Lipinski definition) is 4. The second kappa shape index (κ2) is 4.58. The molecule has 1 aromatic rings. The van der Waals surface area contributed by atoms with Crippen LogP contribution in [-0.4, -0.2) is 20.5 Å². The number of aromatic nitrogens is 2. The van der Waals surface area contributed by atoms with Gasteiger partial charge in [0.25, 0.3) is 0 Å². The van der Waals surface area contributed by atoms with Crippen molar-refractivity contribution in [3.63, 3.8) is 0 Å². The Morgan fingerprint density at radius 3 is 2.60 bits per heavy atom. The lowest BCUT2D eigenvalue weighted by Gasteiger charge is -2.08. The van der Waals surface area contributed by atoms with Crippen molar-refractivity contribution < 1.29 is 22.9 Å². The molecule has 1 aromatic heterocycles. The Labute approximate surface area is 110 Å². The van der Waals surface area contributed by atoms with Crippen molar-refractivity contribution >= 4 is 11.4 Å². The molecule has 0 bridgehead atoms. The zero-order valence-electron chi connectivity index (χ0n) is 10.1. The molecule has 1 aliphatic carbocycles. The maximum Gasteiger partial charge on any atom is 0.435 e. The monoisotopic (exact) mass is 287 g/mol. The molecule has 0 spiro atoms. The first kappa shape index (κ1) is 14.0. The third kappa shape index (κ3) is 2.33. The SMILES string of the molecule is Cn1nc(C(F)(F)F)cc1C1=C([N+](=O)[O-])C(=O)CC=C1. The third-order valence-corrected chi connectivity index (χ3v) is 2.74. The number of rotatable bonds is 2. The Bertz CT molecular complexity index is 656. The number of halogens is 3. The third-order valence-electron chi connectivity index (χ3n) is 2.74. The van der Waals surface area contributed by atoms with Gasteiger partial charge in [-0.1, -0.05) is 6.08 Å². The highest BCUT2D eigenvalue weighted by atomic mass is 19.4. The number of carbonyl (C=O) groups excluding carboxylic acids is 1. The van der Waals surface area contributed by atoms with Gasteiger partial charge in [0.1, 0.15) is 0 Å². The molecule has 0 amide bonds. The van der Waals surface area contributed by atoms with Crippen molar-refractivity contribution in [1.29, 1.82) is 0 Å². The minimum Gasteiger partial charge on any atom is -0.287 e. The Kier molecular flexibility index (Phi) is 3.20. The maximum atomic E-state index is 12.6. The van der Waals surface area contributed by atoms with Gasteiger partial charge in [0.05, 0.1) is 16.2 Å². The van der Waals surface area contributed by atoms with E-state index >= 15 is 0 Å². The summed E-state index contributed by atoms with van der Waals surface area (Å²) in [7, 11) is 1.22. The normalized spacial score (nSPS) is 15.9. The first-order valence-corrected chi connectivity index (χ1v) is 5.42. The van der Waals surface area contributed by atoms with Gasteiger partial charge < -0.3 is 0 Å². The molecule has 0 saturated carbocycles. The van der Waals surface area contributed by atoms with E-state index in [2.05, 4.69) is 5.10 Å². The standard InChI is InChI=1S/C11H8F3N3O3/c1-16-7(5-9(15-16)11(12,13)14)6-3-2-4-8(18)10(6)17(19)20/h2-3,5H,4H2,1H3. The van der Waals surface area contributed by atoms with Gasteiger partial charge in [-0.05, 0) is 12.1 Å². The summed E-state index contributed by atoms with van der Waals surface area (Å²) >= 11 is 0. The van der Waals surface area contributed by atoms with Gasteiger partial charge in [-0.15, -0.1) is 0 Å². The molecule has 0 atom stereocenters. The average Bonchev–Trinajstić information content (AvgIpc) is 2.70. The Morgan fingerprint density at radius 1 is 1.45 bits per heavy atom. The zero-order valence-corrected chi connectivity index (χ0v) is 10.1. The predicted octanol–water partition coefficient (Wildman–Crippen LogP) is 1.96. The van der Waals surface area contributed by atoms with E-state index in [4.69, 9.17) is 0 Å². The lowest BCUT2D eigenvalue weighted by molar-refractivity contribution is -0.417. The van der Waals surface area contributed by atoms with Gasteiger partial charge >= 0.3 is 11.9 Å². The first-order chi connectivity index (χ1) is 9.21. The highest BCUT2D eigenvalue weighted by Crippen LogP contribution is 2.32. The summed E-state index contributed by atoms with van der Waals surface area (Å²) in [5.74, 6) is -0.748. The van der Waals surface area contributed by atoms with E-state index < -0.39 is 28.3 Å². The number of hydrogen-bond donors (Lipinski definition) is 0. The van der Waals surface area contributed by atoms with Crippen molar-refractivity contribution in [3.8, 4) is 0 Å². The van der Waals surface area contributed by atoms with Crippen LogP contribution < -0.4 is 0 Å². The molecular weight excluding hydrogens is 279 g/mol. The molecule has 0 fully saturated rings. The second-order valence-corrected chi connectivity index (χ2v) is 4.09. The van der Waals surface area contributed by atoms with Gasteiger partial charge in [-0.2, -0.15) is 18.3 Å². The number of allylic oxidation sites excluding steroid dienone is 4. The van der Waals surface area contributed by atoms with Crippen LogP contribution >= 0.6 is 0 Å². The summed E-state index contributed by atoms with van der Waals surface area (Å²) in [4.78, 5) is 21.5. The van der Waals surface area contributed by atoms with E-state index in [0.29, 0.717) is 6.07 Å². The first-order valence-electron chi connectivity index (χ1n) is 5.42. The number of ketones is 1. The van der Waals surface area contributed by atoms with Crippen LogP contribution in [0.25, 0.3) is 5.57 Å². The molecule has 2 rings (SSSR count). The second-order valence-electron chi connectivity index (χ2n) is 4.09. The molecule has 1 heterocycles. The minimum absolute atomic E-state index is 0.131. The topological polar surface area (TPSA) is 78.0 Å². The van der Waals surface area contributed by atoms with E-state index in [1.54, 1.807) is 0 Å². The number of aryl methyl sites for hydroxylation is 1. The van der Waals surface area contributed by atoms with Crippen LogP contribution in [0.1, 0.15) is 17.8 Å². The maximum absolute atomic E-state index is 12.6. The minimum atomic E-state index is -4.66. The van der Waals surface area contributed by atoms with Crippen LogP contribution in [-0.2, 0) is 18.0 Å². The highest BCUT2D eigenvalue weighted by Gasteiger charge is 2.37. The lowest BCUT2D eigenvalue weighted by atomic mass is 9.99. The van der Waals surface area contributed by atoms with Crippen LogP contribution in [0.5, 0.6) is 0 Å². The fourth-order valence-corrected chi connectivity index (χ4v) is 1.87. The van der Waals surface area contributed by atoms with E-state index in [1.807, 2.05) is 0 Å². The summed E-state index contributed by atoms with van der Waals surface area (Å²) in [6.45, 7) is 0. The zero-order chi connectivity index (χ0) is 15.1. The molecule has 6 nitrogen and oxygen atoms in total. The summed E-state index contributed by atoms with van der Waals surface area (Å²) in [6, 6.07) is 0.682. The van der Waals surface area contributed by atoms with Gasteiger partial charge in [0.15, 0.2) is 5.69 Å². The Hall–Kier alpha value is -2.45. The predicted molar refractivity (Wildman–Crippen MR) is 60.9 cm³/mol. The van der Waals surface area contributed by atoms with E-state index in [0.717, 1.165) is 4.68 Å². The van der Waals surface area contributed by atoms with Gasteiger partial charge in [-0.25, -0.2) is 0 Å². The molecule has 0 aliphatic heterocycles. The van der Waals surface area contributed by atoms with Crippen LogP contribution in [0.4, 0.5) is 13.2 Å². The molecule has 106 valence electrons. The molecule has 0 radical (unpaired) electrons. The quantitative estimate of drug-likeness (QED) is 0.615. The van der Waals surface area contributed by atoms with Crippen molar-refractivity contribution in [3.05, 3.63) is 45.4 Å². The van der Waals surface area contributed by atoms with Crippen molar-refractivity contribution in [1.82, 2.24) is 9.78 Å². The molecule has 0 unspecified atom stereocenters. The number of nitro groups is 1. The van der Waals surface area contributed by atoms with Gasteiger partial charge in [-0.3, -0.25) is 19.6 Å². The highest BCUT2D eigenvalue weighted by molar-refractivity contribution is 6.04. The Balaban J connectivity index is 2.63. The molecule has 20 heavy (non-hydrogen) atoms. The average molecular weight is 287 g/mol. The molecular formula is C11H8F3N3O3. The van der Waals surface area contributed by atoms with Crippen molar-refractivity contribution in [2.24, 2.45) is 7.05 Å². The van der Waals surface area contributed by atoms with Crippen LogP contribution in [0, 0.1) is 10.1 Å². The lowest BCUT2D eigenvalue weighted by Crippen LogP contribution is -2.16. The van der Waals surface area contributed by atoms with E-state index in [-0.39, 0.29) is 17.7 Å². The summed E-state index contributed by atoms with van der Waals surface area (Å²) in [6.07, 6.45) is -2.18. The fourth-order valence-electron chi connectivity index (χ4n) is 1.87. The molecule has 0 aromatic carbocycles. The van der Waals surface area contributed by atoms with Crippen LogP contribution in [0.3, 0.4) is 0 Å².